The van der Waals surface area contributed by atoms with Crippen LogP contribution in [0.25, 0.3) is 0 Å². The molecule has 14 heteroatoms. The van der Waals surface area contributed by atoms with E-state index in [4.69, 9.17) is 11.6 Å². The number of hydrogen-bond donors (Lipinski definition) is 2. The predicted molar refractivity (Wildman–Crippen MR) is 154 cm³/mol. The first kappa shape index (κ1) is 31.9. The molecule has 0 bridgehead atoms. The smallest absolute Gasteiger partial charge is 0.257 e. The fourth-order valence-corrected chi connectivity index (χ4v) is 5.88. The van der Waals surface area contributed by atoms with E-state index in [1.807, 2.05) is 6.07 Å². The zero-order valence-corrected chi connectivity index (χ0v) is 24.2. The van der Waals surface area contributed by atoms with Gasteiger partial charge in [-0.05, 0) is 43.2 Å². The van der Waals surface area contributed by atoms with Gasteiger partial charge in [-0.2, -0.15) is 5.26 Å². The number of nitriles is 1. The van der Waals surface area contributed by atoms with E-state index >= 15 is 0 Å². The van der Waals surface area contributed by atoms with Crippen LogP contribution in [0.1, 0.15) is 49.3 Å². The van der Waals surface area contributed by atoms with Crippen molar-refractivity contribution in [1.29, 1.82) is 5.26 Å². The summed E-state index contributed by atoms with van der Waals surface area (Å²) in [5.41, 5.74) is -0.284. The summed E-state index contributed by atoms with van der Waals surface area (Å²) in [5, 5.41) is 22.6. The van der Waals surface area contributed by atoms with E-state index in [2.05, 4.69) is 10.3 Å². The standard InChI is InChI=1S/C31H26ClF4N5O4/c32-23-4-2-1-3-22(23)27(28(43)39-20-5-8-31(35,36)9-6-20)40(21-13-18(33)12-19(34)14-21)29(44)24-15-25(42)30(45)41(24)26-11-17(16-37)7-10-38-26/h1-4,7,10-14,20,24-25,27,42H,5-6,8-9,15H2,(H,39,43)/t24?,25?,27-/m0/s1. The van der Waals surface area contributed by atoms with Gasteiger partial charge in [0.1, 0.15) is 35.6 Å². The summed E-state index contributed by atoms with van der Waals surface area (Å²) in [7, 11) is 0. The van der Waals surface area contributed by atoms with Crippen LogP contribution < -0.4 is 15.1 Å². The van der Waals surface area contributed by atoms with Crippen molar-refractivity contribution in [2.24, 2.45) is 0 Å². The molecular weight excluding hydrogens is 618 g/mol. The number of nitrogens with one attached hydrogen (secondary N) is 1. The van der Waals surface area contributed by atoms with Gasteiger partial charge in [0.2, 0.25) is 11.8 Å². The van der Waals surface area contributed by atoms with Gasteiger partial charge in [0.25, 0.3) is 11.8 Å². The second-order valence-electron chi connectivity index (χ2n) is 10.9. The zero-order chi connectivity index (χ0) is 32.5. The number of amides is 3. The third kappa shape index (κ3) is 6.77. The number of pyridine rings is 1. The average molecular weight is 644 g/mol. The number of aromatic nitrogens is 1. The van der Waals surface area contributed by atoms with Gasteiger partial charge in [0, 0.05) is 48.2 Å². The Labute approximate surface area is 260 Å². The monoisotopic (exact) mass is 643 g/mol. The van der Waals surface area contributed by atoms with E-state index in [9.17, 15) is 42.3 Å². The van der Waals surface area contributed by atoms with Gasteiger partial charge >= 0.3 is 0 Å². The summed E-state index contributed by atoms with van der Waals surface area (Å²) < 4.78 is 57.0. The molecule has 1 aliphatic heterocycles. The minimum Gasteiger partial charge on any atom is -0.383 e. The molecule has 1 saturated carbocycles. The Morgan fingerprint density at radius 2 is 1.78 bits per heavy atom. The minimum absolute atomic E-state index is 0.00489. The number of halogens is 5. The molecule has 1 saturated heterocycles. The Balaban J connectivity index is 1.63. The van der Waals surface area contributed by atoms with Crippen LogP contribution in [-0.2, 0) is 14.4 Å². The Kier molecular flexibility index (Phi) is 9.08. The quantitative estimate of drug-likeness (QED) is 0.356. The molecule has 3 atom stereocenters. The van der Waals surface area contributed by atoms with Gasteiger partial charge in [-0.1, -0.05) is 29.8 Å². The van der Waals surface area contributed by atoms with Crippen LogP contribution in [0.4, 0.5) is 29.1 Å². The SMILES string of the molecule is N#Cc1ccnc(N2C(=O)C(O)CC2C(=O)N(c2cc(F)cc(F)c2)[C@H](C(=O)NC2CCC(F)(F)CC2)c2ccccc2Cl)c1. The molecule has 3 aromatic rings. The topological polar surface area (TPSA) is 127 Å². The van der Waals surface area contributed by atoms with Crippen molar-refractivity contribution in [2.45, 2.75) is 62.3 Å². The first-order chi connectivity index (χ1) is 21.4. The highest BCUT2D eigenvalue weighted by Crippen LogP contribution is 2.38. The Hall–Kier alpha value is -4.54. The van der Waals surface area contributed by atoms with E-state index in [-0.39, 0.29) is 34.8 Å². The molecule has 2 unspecified atom stereocenters. The summed E-state index contributed by atoms with van der Waals surface area (Å²) in [4.78, 5) is 47.5. The third-order valence-electron chi connectivity index (χ3n) is 7.82. The van der Waals surface area contributed by atoms with Crippen LogP contribution in [0.3, 0.4) is 0 Å². The highest BCUT2D eigenvalue weighted by molar-refractivity contribution is 6.31. The number of rotatable bonds is 7. The fraction of sp³-hybridized carbons (Fsp3) is 0.323. The Bertz CT molecular complexity index is 1660. The zero-order valence-electron chi connectivity index (χ0n) is 23.5. The molecule has 2 aromatic carbocycles. The van der Waals surface area contributed by atoms with Crippen molar-refractivity contribution in [2.75, 3.05) is 9.80 Å². The van der Waals surface area contributed by atoms with E-state index in [1.54, 1.807) is 6.07 Å². The van der Waals surface area contributed by atoms with Crippen LogP contribution in [-0.4, -0.2) is 51.9 Å². The van der Waals surface area contributed by atoms with Crippen LogP contribution in [0.5, 0.6) is 0 Å². The maximum Gasteiger partial charge on any atom is 0.257 e. The first-order valence-electron chi connectivity index (χ1n) is 14.0. The highest BCUT2D eigenvalue weighted by atomic mass is 35.5. The van der Waals surface area contributed by atoms with Crippen LogP contribution in [0.15, 0.2) is 60.8 Å². The maximum absolute atomic E-state index is 14.6. The Morgan fingerprint density at radius 3 is 2.42 bits per heavy atom. The molecule has 2 heterocycles. The first-order valence-corrected chi connectivity index (χ1v) is 14.4. The van der Waals surface area contributed by atoms with Crippen LogP contribution in [0.2, 0.25) is 5.02 Å². The highest BCUT2D eigenvalue weighted by Gasteiger charge is 2.48. The number of carbonyl (C=O) groups excluding carboxylic acids is 3. The number of alkyl halides is 2. The summed E-state index contributed by atoms with van der Waals surface area (Å²) in [6.07, 6.45) is -2.02. The maximum atomic E-state index is 14.6. The van der Waals surface area contributed by atoms with Crippen molar-refractivity contribution >= 4 is 40.8 Å². The lowest BCUT2D eigenvalue weighted by atomic mass is 9.91. The van der Waals surface area contributed by atoms with E-state index in [0.717, 1.165) is 21.9 Å². The summed E-state index contributed by atoms with van der Waals surface area (Å²) >= 11 is 6.50. The van der Waals surface area contributed by atoms with Crippen LogP contribution in [0, 0.1) is 23.0 Å². The molecule has 234 valence electrons. The Morgan fingerprint density at radius 1 is 1.11 bits per heavy atom. The normalized spacial score (nSPS) is 20.4. The van der Waals surface area contributed by atoms with E-state index < -0.39 is 84.5 Å². The van der Waals surface area contributed by atoms with E-state index in [0.29, 0.717) is 6.07 Å². The second-order valence-corrected chi connectivity index (χ2v) is 11.3. The molecular formula is C31H26ClF4N5O4. The number of aliphatic hydroxyl groups is 1. The number of nitrogens with zero attached hydrogens (tertiary/aromatic N) is 4. The molecule has 2 fully saturated rings. The van der Waals surface area contributed by atoms with Crippen molar-refractivity contribution in [3.8, 4) is 6.07 Å². The molecule has 0 spiro atoms. The predicted octanol–water partition coefficient (Wildman–Crippen LogP) is 4.82. The number of benzene rings is 2. The van der Waals surface area contributed by atoms with Crippen LogP contribution >= 0.6 is 11.6 Å². The van der Waals surface area contributed by atoms with Gasteiger partial charge < -0.3 is 10.4 Å². The summed E-state index contributed by atoms with van der Waals surface area (Å²) in [6, 6.07) is 8.62. The molecule has 2 N–H and O–H groups in total. The number of anilines is 2. The van der Waals surface area contributed by atoms with Crippen molar-refractivity contribution in [1.82, 2.24) is 10.3 Å². The summed E-state index contributed by atoms with van der Waals surface area (Å²) in [5.74, 6) is -8.05. The van der Waals surface area contributed by atoms with Crippen molar-refractivity contribution in [3.05, 3.63) is 88.6 Å². The lowest BCUT2D eigenvalue weighted by molar-refractivity contribution is -0.128. The van der Waals surface area contributed by atoms with Crippen molar-refractivity contribution < 1.29 is 37.1 Å². The number of carbonyl (C=O) groups is 3. The summed E-state index contributed by atoms with van der Waals surface area (Å²) in [6.45, 7) is 0. The lowest BCUT2D eigenvalue weighted by Crippen LogP contribution is -2.53. The van der Waals surface area contributed by atoms with Crippen molar-refractivity contribution in [3.63, 3.8) is 0 Å². The molecule has 1 aliphatic carbocycles. The average Bonchev–Trinajstić information content (AvgIpc) is 3.30. The van der Waals surface area contributed by atoms with Gasteiger partial charge in [-0.25, -0.2) is 22.5 Å². The molecule has 9 nitrogen and oxygen atoms in total. The molecule has 3 amide bonds. The second kappa shape index (κ2) is 12.8. The van der Waals surface area contributed by atoms with Gasteiger partial charge in [0.05, 0.1) is 17.3 Å². The lowest BCUT2D eigenvalue weighted by Gasteiger charge is -2.37. The van der Waals surface area contributed by atoms with Gasteiger partial charge in [0.15, 0.2) is 0 Å². The van der Waals surface area contributed by atoms with Gasteiger partial charge in [-0.15, -0.1) is 0 Å². The molecule has 5 rings (SSSR count). The number of hydrogen-bond acceptors (Lipinski definition) is 6. The minimum atomic E-state index is -2.89. The molecule has 2 aliphatic rings. The third-order valence-corrected chi connectivity index (χ3v) is 8.16. The number of aliphatic hydroxyl groups excluding tert-OH is 1. The largest absolute Gasteiger partial charge is 0.383 e. The molecule has 0 radical (unpaired) electrons. The molecule has 45 heavy (non-hydrogen) atoms. The van der Waals surface area contributed by atoms with Gasteiger partial charge in [-0.3, -0.25) is 24.2 Å². The fourth-order valence-electron chi connectivity index (χ4n) is 5.64. The molecule has 1 aromatic heterocycles. The van der Waals surface area contributed by atoms with E-state index in [1.165, 1.54) is 36.5 Å².